The van der Waals surface area contributed by atoms with E-state index >= 15 is 0 Å². The number of carbonyl (C=O) groups excluding carboxylic acids is 3. The van der Waals surface area contributed by atoms with E-state index in [1.165, 1.54) is 4.90 Å². The Labute approximate surface area is 176 Å². The van der Waals surface area contributed by atoms with Crippen LogP contribution in [0.2, 0.25) is 0 Å². The van der Waals surface area contributed by atoms with E-state index < -0.39 is 11.8 Å². The van der Waals surface area contributed by atoms with Gasteiger partial charge in [-0.05, 0) is 55.0 Å². The molecule has 3 aromatic rings. The second-order valence-corrected chi connectivity index (χ2v) is 7.67. The first-order valence-electron chi connectivity index (χ1n) is 9.05. The van der Waals surface area contributed by atoms with Crippen LogP contribution in [0.3, 0.4) is 0 Å². The second-order valence-electron chi connectivity index (χ2n) is 6.75. The molecule has 0 N–H and O–H groups in total. The zero-order chi connectivity index (χ0) is 20.5. The first-order chi connectivity index (χ1) is 14.0. The van der Waals surface area contributed by atoms with E-state index in [0.29, 0.717) is 22.4 Å². The predicted molar refractivity (Wildman–Crippen MR) is 114 cm³/mol. The molecule has 3 aromatic carbocycles. The van der Waals surface area contributed by atoms with E-state index in [2.05, 4.69) is 15.9 Å². The highest BCUT2D eigenvalue weighted by Gasteiger charge is 2.37. The fourth-order valence-electron chi connectivity index (χ4n) is 3.37. The molecule has 1 aliphatic rings. The average Bonchev–Trinajstić information content (AvgIpc) is 2.97. The molecule has 0 saturated heterocycles. The number of imide groups is 1. The van der Waals surface area contributed by atoms with Crippen molar-refractivity contribution in [1.82, 2.24) is 4.90 Å². The maximum absolute atomic E-state index is 13.3. The maximum atomic E-state index is 13.3. The number of benzene rings is 3. The van der Waals surface area contributed by atoms with Crippen molar-refractivity contribution in [3.8, 4) is 0 Å². The summed E-state index contributed by atoms with van der Waals surface area (Å²) in [5, 5.41) is 0. The number of rotatable bonds is 4. The molecule has 0 saturated carbocycles. The number of nitrogens with zero attached hydrogens (tertiary/aromatic N) is 2. The summed E-state index contributed by atoms with van der Waals surface area (Å²) in [5.74, 6) is -1.08. The van der Waals surface area contributed by atoms with Crippen molar-refractivity contribution in [3.05, 3.63) is 99.5 Å². The molecule has 1 heterocycles. The maximum Gasteiger partial charge on any atom is 0.263 e. The van der Waals surface area contributed by atoms with E-state index in [0.717, 1.165) is 14.9 Å². The normalized spacial score (nSPS) is 12.8. The van der Waals surface area contributed by atoms with Gasteiger partial charge in [-0.25, -0.2) is 0 Å². The molecule has 1 aliphatic heterocycles. The minimum atomic E-state index is -0.396. The van der Waals surface area contributed by atoms with E-state index in [1.54, 1.807) is 48.5 Å². The van der Waals surface area contributed by atoms with Crippen LogP contribution in [0.5, 0.6) is 0 Å². The van der Waals surface area contributed by atoms with Gasteiger partial charge < -0.3 is 0 Å². The average molecular weight is 449 g/mol. The lowest BCUT2D eigenvalue weighted by Gasteiger charge is -2.28. The van der Waals surface area contributed by atoms with Crippen LogP contribution < -0.4 is 4.90 Å². The molecule has 0 fully saturated rings. The van der Waals surface area contributed by atoms with Crippen LogP contribution in [0.4, 0.5) is 5.69 Å². The molecule has 0 aromatic heterocycles. The molecule has 144 valence electrons. The Hall–Kier alpha value is -3.25. The van der Waals surface area contributed by atoms with Crippen molar-refractivity contribution < 1.29 is 14.4 Å². The molecular weight excluding hydrogens is 432 g/mol. The first kappa shape index (κ1) is 19.1. The van der Waals surface area contributed by atoms with Crippen molar-refractivity contribution >= 4 is 39.3 Å². The zero-order valence-electron chi connectivity index (χ0n) is 15.6. The van der Waals surface area contributed by atoms with Gasteiger partial charge in [0.2, 0.25) is 0 Å². The van der Waals surface area contributed by atoms with E-state index in [4.69, 9.17) is 0 Å². The number of para-hydroxylation sites is 1. The molecule has 4 rings (SSSR count). The third-order valence-corrected chi connectivity index (χ3v) is 5.43. The van der Waals surface area contributed by atoms with Gasteiger partial charge >= 0.3 is 0 Å². The Morgan fingerprint density at radius 3 is 2.00 bits per heavy atom. The number of hydrogen-bond acceptors (Lipinski definition) is 3. The Kier molecular flexibility index (Phi) is 5.03. The van der Waals surface area contributed by atoms with E-state index in [9.17, 15) is 14.4 Å². The lowest BCUT2D eigenvalue weighted by Crippen LogP contribution is -2.44. The summed E-state index contributed by atoms with van der Waals surface area (Å²) in [6, 6.07) is 21.1. The number of carbonyl (C=O) groups is 3. The molecule has 5 nitrogen and oxygen atoms in total. The topological polar surface area (TPSA) is 57.7 Å². The van der Waals surface area contributed by atoms with Crippen LogP contribution in [0.15, 0.2) is 77.3 Å². The molecule has 29 heavy (non-hydrogen) atoms. The smallest absolute Gasteiger partial charge is 0.263 e. The summed E-state index contributed by atoms with van der Waals surface area (Å²) in [6.07, 6.45) is 0. The van der Waals surface area contributed by atoms with Crippen LogP contribution in [0.25, 0.3) is 0 Å². The van der Waals surface area contributed by atoms with Gasteiger partial charge in [0.05, 0.1) is 11.1 Å². The van der Waals surface area contributed by atoms with Gasteiger partial charge in [-0.1, -0.05) is 46.3 Å². The third-order valence-electron chi connectivity index (χ3n) is 4.90. The number of halogens is 1. The van der Waals surface area contributed by atoms with Crippen LogP contribution in [0, 0.1) is 6.92 Å². The number of fused-ring (bicyclic) bond motifs is 1. The van der Waals surface area contributed by atoms with Crippen LogP contribution in [-0.4, -0.2) is 29.3 Å². The fraction of sp³-hybridized carbons (Fsp3) is 0.0870. The lowest BCUT2D eigenvalue weighted by atomic mass is 10.1. The second kappa shape index (κ2) is 7.64. The Morgan fingerprint density at radius 1 is 0.862 bits per heavy atom. The van der Waals surface area contributed by atoms with Crippen LogP contribution in [0.1, 0.15) is 36.6 Å². The molecule has 0 aliphatic carbocycles. The van der Waals surface area contributed by atoms with Crippen molar-refractivity contribution in [2.24, 2.45) is 0 Å². The van der Waals surface area contributed by atoms with Crippen LogP contribution >= 0.6 is 15.9 Å². The van der Waals surface area contributed by atoms with Gasteiger partial charge in [0.1, 0.15) is 6.67 Å². The number of aryl methyl sites for hydroxylation is 1. The summed E-state index contributed by atoms with van der Waals surface area (Å²) in [7, 11) is 0. The molecule has 0 unspecified atom stereocenters. The first-order valence-corrected chi connectivity index (χ1v) is 9.85. The number of anilines is 1. The van der Waals surface area contributed by atoms with Crippen molar-refractivity contribution in [2.45, 2.75) is 6.92 Å². The van der Waals surface area contributed by atoms with E-state index in [-0.39, 0.29) is 12.6 Å². The predicted octanol–water partition coefficient (Wildman–Crippen LogP) is 4.66. The quantitative estimate of drug-likeness (QED) is 0.545. The van der Waals surface area contributed by atoms with Gasteiger partial charge in [-0.2, -0.15) is 0 Å². The minimum Gasteiger partial charge on any atom is -0.289 e. The zero-order valence-corrected chi connectivity index (χ0v) is 17.2. The molecule has 0 spiro atoms. The van der Waals surface area contributed by atoms with Crippen LogP contribution in [-0.2, 0) is 0 Å². The summed E-state index contributed by atoms with van der Waals surface area (Å²) in [4.78, 5) is 41.6. The van der Waals surface area contributed by atoms with Gasteiger partial charge in [-0.15, -0.1) is 0 Å². The number of hydrogen-bond donors (Lipinski definition) is 0. The Bertz CT molecular complexity index is 1090. The standard InChI is InChI=1S/C23H17BrN2O3/c1-15-6-2-5-9-20(15)25(21(27)16-10-12-17(24)13-11-16)14-26-22(28)18-7-3-4-8-19(18)23(26)29/h2-13H,14H2,1H3. The third kappa shape index (κ3) is 3.47. The SMILES string of the molecule is Cc1ccccc1N(CN1C(=O)c2ccccc2C1=O)C(=O)c1ccc(Br)cc1. The lowest BCUT2D eigenvalue weighted by molar-refractivity contribution is 0.0650. The largest absolute Gasteiger partial charge is 0.289 e. The molecule has 6 heteroatoms. The van der Waals surface area contributed by atoms with E-state index in [1.807, 2.05) is 31.2 Å². The monoisotopic (exact) mass is 448 g/mol. The Balaban J connectivity index is 1.73. The van der Waals surface area contributed by atoms with Gasteiger partial charge in [0, 0.05) is 15.7 Å². The van der Waals surface area contributed by atoms with Gasteiger partial charge in [-0.3, -0.25) is 24.2 Å². The highest BCUT2D eigenvalue weighted by molar-refractivity contribution is 9.10. The summed E-state index contributed by atoms with van der Waals surface area (Å²) in [6.45, 7) is 1.73. The molecule has 3 amide bonds. The van der Waals surface area contributed by atoms with Crippen molar-refractivity contribution in [1.29, 1.82) is 0 Å². The molecule has 0 radical (unpaired) electrons. The molecule has 0 bridgehead atoms. The highest BCUT2D eigenvalue weighted by Crippen LogP contribution is 2.27. The minimum absolute atomic E-state index is 0.161. The molecular formula is C23H17BrN2O3. The summed E-state index contributed by atoms with van der Waals surface area (Å²) < 4.78 is 0.858. The molecule has 0 atom stereocenters. The fourth-order valence-corrected chi connectivity index (χ4v) is 3.64. The van der Waals surface area contributed by atoms with Crippen molar-refractivity contribution in [3.63, 3.8) is 0 Å². The van der Waals surface area contributed by atoms with Gasteiger partial charge in [0.25, 0.3) is 17.7 Å². The van der Waals surface area contributed by atoms with Gasteiger partial charge in [0.15, 0.2) is 0 Å². The summed E-state index contributed by atoms with van der Waals surface area (Å²) in [5.41, 5.74) is 2.70. The highest BCUT2D eigenvalue weighted by atomic mass is 79.9. The summed E-state index contributed by atoms with van der Waals surface area (Å²) >= 11 is 3.37. The Morgan fingerprint density at radius 2 is 1.41 bits per heavy atom. The van der Waals surface area contributed by atoms with Crippen molar-refractivity contribution in [2.75, 3.05) is 11.6 Å². The number of amides is 3.